The Labute approximate surface area is 100 Å². The summed E-state index contributed by atoms with van der Waals surface area (Å²) >= 11 is 0. The third kappa shape index (κ3) is 5.83. The molecular formula is C13H28N2O. The molecule has 16 heavy (non-hydrogen) atoms. The lowest BCUT2D eigenvalue weighted by molar-refractivity contribution is 0.183. The molecule has 0 amide bonds. The van der Waals surface area contributed by atoms with Crippen molar-refractivity contribution in [2.24, 2.45) is 5.73 Å². The Balaban J connectivity index is 2.14. The van der Waals surface area contributed by atoms with Crippen LogP contribution in [0.5, 0.6) is 0 Å². The van der Waals surface area contributed by atoms with Gasteiger partial charge in [0.1, 0.15) is 0 Å². The third-order valence-electron chi connectivity index (χ3n) is 3.25. The van der Waals surface area contributed by atoms with Crippen LogP contribution in [0.4, 0.5) is 0 Å². The van der Waals surface area contributed by atoms with Gasteiger partial charge >= 0.3 is 0 Å². The van der Waals surface area contributed by atoms with Crippen molar-refractivity contribution in [3.63, 3.8) is 0 Å². The summed E-state index contributed by atoms with van der Waals surface area (Å²) in [4.78, 5) is 2.60. The SMILES string of the molecule is CCCCN(CC(N)CCCOC)C1CC1. The van der Waals surface area contributed by atoms with Gasteiger partial charge in [0.25, 0.3) is 0 Å². The number of rotatable bonds is 10. The third-order valence-corrected chi connectivity index (χ3v) is 3.25. The fraction of sp³-hybridized carbons (Fsp3) is 1.00. The maximum Gasteiger partial charge on any atom is 0.0462 e. The first kappa shape index (κ1) is 13.9. The number of nitrogens with zero attached hydrogens (tertiary/aromatic N) is 1. The molecule has 1 aliphatic rings. The van der Waals surface area contributed by atoms with Crippen molar-refractivity contribution in [1.29, 1.82) is 0 Å². The van der Waals surface area contributed by atoms with Crippen LogP contribution in [0.25, 0.3) is 0 Å². The fourth-order valence-corrected chi connectivity index (χ4v) is 2.11. The number of ether oxygens (including phenoxy) is 1. The Morgan fingerprint density at radius 2 is 2.12 bits per heavy atom. The molecule has 3 nitrogen and oxygen atoms in total. The van der Waals surface area contributed by atoms with Crippen molar-refractivity contribution in [3.05, 3.63) is 0 Å². The Morgan fingerprint density at radius 3 is 2.69 bits per heavy atom. The number of nitrogens with two attached hydrogens (primary N) is 1. The Kier molecular flexibility index (Phi) is 7.01. The number of unbranched alkanes of at least 4 members (excludes halogenated alkanes) is 1. The second-order valence-electron chi connectivity index (χ2n) is 4.97. The highest BCUT2D eigenvalue weighted by atomic mass is 16.5. The first-order valence-electron chi connectivity index (χ1n) is 6.76. The fourth-order valence-electron chi connectivity index (χ4n) is 2.11. The van der Waals surface area contributed by atoms with E-state index in [0.717, 1.165) is 32.0 Å². The lowest BCUT2D eigenvalue weighted by atomic mass is 10.1. The van der Waals surface area contributed by atoms with Gasteiger partial charge in [-0.1, -0.05) is 13.3 Å². The largest absolute Gasteiger partial charge is 0.385 e. The summed E-state index contributed by atoms with van der Waals surface area (Å²) in [6.45, 7) is 5.41. The van der Waals surface area contributed by atoms with Gasteiger partial charge in [0, 0.05) is 32.3 Å². The van der Waals surface area contributed by atoms with Gasteiger partial charge in [-0.05, 0) is 38.6 Å². The van der Waals surface area contributed by atoms with E-state index in [1.54, 1.807) is 7.11 Å². The standard InChI is InChI=1S/C13H28N2O/c1-3-4-9-15(13-7-8-13)11-12(14)6-5-10-16-2/h12-13H,3-11,14H2,1-2H3. The molecular weight excluding hydrogens is 200 g/mol. The van der Waals surface area contributed by atoms with E-state index in [-0.39, 0.29) is 0 Å². The zero-order chi connectivity index (χ0) is 11.8. The van der Waals surface area contributed by atoms with E-state index >= 15 is 0 Å². The van der Waals surface area contributed by atoms with E-state index in [1.165, 1.54) is 32.2 Å². The molecule has 0 heterocycles. The molecule has 0 radical (unpaired) electrons. The van der Waals surface area contributed by atoms with Gasteiger partial charge in [-0.2, -0.15) is 0 Å². The summed E-state index contributed by atoms with van der Waals surface area (Å²) in [5.41, 5.74) is 6.16. The second kappa shape index (κ2) is 8.04. The van der Waals surface area contributed by atoms with Gasteiger partial charge in [-0.15, -0.1) is 0 Å². The van der Waals surface area contributed by atoms with Crippen LogP contribution in [0.15, 0.2) is 0 Å². The molecule has 1 fully saturated rings. The zero-order valence-electron chi connectivity index (χ0n) is 11.0. The summed E-state index contributed by atoms with van der Waals surface area (Å²) in [6.07, 6.45) is 7.53. The summed E-state index contributed by atoms with van der Waals surface area (Å²) in [6, 6.07) is 1.17. The molecule has 96 valence electrons. The van der Waals surface area contributed by atoms with Crippen LogP contribution in [0.3, 0.4) is 0 Å². The zero-order valence-corrected chi connectivity index (χ0v) is 11.0. The maximum absolute atomic E-state index is 6.16. The van der Waals surface area contributed by atoms with Crippen LogP contribution >= 0.6 is 0 Å². The molecule has 0 aromatic rings. The highest BCUT2D eigenvalue weighted by molar-refractivity contribution is 4.86. The van der Waals surface area contributed by atoms with Gasteiger partial charge < -0.3 is 10.5 Å². The molecule has 0 saturated heterocycles. The predicted molar refractivity (Wildman–Crippen MR) is 68.6 cm³/mol. The lowest BCUT2D eigenvalue weighted by Crippen LogP contribution is -2.39. The molecule has 0 aromatic carbocycles. The Morgan fingerprint density at radius 1 is 1.38 bits per heavy atom. The molecule has 0 aromatic heterocycles. The molecule has 1 saturated carbocycles. The molecule has 0 spiro atoms. The van der Waals surface area contributed by atoms with Gasteiger partial charge in [0.15, 0.2) is 0 Å². The minimum Gasteiger partial charge on any atom is -0.385 e. The second-order valence-corrected chi connectivity index (χ2v) is 4.97. The van der Waals surface area contributed by atoms with E-state index in [1.807, 2.05) is 0 Å². The topological polar surface area (TPSA) is 38.5 Å². The highest BCUT2D eigenvalue weighted by Gasteiger charge is 2.29. The van der Waals surface area contributed by atoms with Crippen molar-refractivity contribution >= 4 is 0 Å². The highest BCUT2D eigenvalue weighted by Crippen LogP contribution is 2.27. The molecule has 2 N–H and O–H groups in total. The van der Waals surface area contributed by atoms with Crippen molar-refractivity contribution in [3.8, 4) is 0 Å². The molecule has 0 bridgehead atoms. The summed E-state index contributed by atoms with van der Waals surface area (Å²) in [7, 11) is 1.75. The van der Waals surface area contributed by atoms with Crippen LogP contribution in [0.1, 0.15) is 45.4 Å². The van der Waals surface area contributed by atoms with E-state index in [0.29, 0.717) is 6.04 Å². The van der Waals surface area contributed by atoms with Crippen molar-refractivity contribution in [1.82, 2.24) is 4.90 Å². The van der Waals surface area contributed by atoms with Crippen LogP contribution in [0.2, 0.25) is 0 Å². The normalized spacial score (nSPS) is 18.0. The number of hydrogen-bond acceptors (Lipinski definition) is 3. The van der Waals surface area contributed by atoms with E-state index < -0.39 is 0 Å². The van der Waals surface area contributed by atoms with Gasteiger partial charge in [-0.3, -0.25) is 4.90 Å². The quantitative estimate of drug-likeness (QED) is 0.581. The predicted octanol–water partition coefficient (Wildman–Crippen LogP) is 2.00. The van der Waals surface area contributed by atoms with Gasteiger partial charge in [0.05, 0.1) is 0 Å². The minimum absolute atomic E-state index is 0.326. The lowest BCUT2D eigenvalue weighted by Gasteiger charge is -2.25. The van der Waals surface area contributed by atoms with Crippen molar-refractivity contribution < 1.29 is 4.74 Å². The van der Waals surface area contributed by atoms with Gasteiger partial charge in [-0.25, -0.2) is 0 Å². The Bertz CT molecular complexity index is 171. The van der Waals surface area contributed by atoms with Crippen LogP contribution in [-0.4, -0.2) is 43.8 Å². The smallest absolute Gasteiger partial charge is 0.0462 e. The van der Waals surface area contributed by atoms with Crippen LogP contribution in [0, 0.1) is 0 Å². The monoisotopic (exact) mass is 228 g/mol. The van der Waals surface area contributed by atoms with Crippen molar-refractivity contribution in [2.75, 3.05) is 26.8 Å². The Hall–Kier alpha value is -0.120. The van der Waals surface area contributed by atoms with E-state index in [4.69, 9.17) is 10.5 Å². The van der Waals surface area contributed by atoms with Crippen LogP contribution < -0.4 is 5.73 Å². The average Bonchev–Trinajstić information content (AvgIpc) is 3.08. The molecule has 1 aliphatic carbocycles. The molecule has 1 rings (SSSR count). The summed E-state index contributed by atoms with van der Waals surface area (Å²) in [5.74, 6) is 0. The van der Waals surface area contributed by atoms with Gasteiger partial charge in [0.2, 0.25) is 0 Å². The van der Waals surface area contributed by atoms with E-state index in [9.17, 15) is 0 Å². The first-order chi connectivity index (χ1) is 7.77. The van der Waals surface area contributed by atoms with Crippen molar-refractivity contribution in [2.45, 2.75) is 57.5 Å². The molecule has 3 heteroatoms. The molecule has 1 atom stereocenters. The van der Waals surface area contributed by atoms with E-state index in [2.05, 4.69) is 11.8 Å². The minimum atomic E-state index is 0.326. The molecule has 0 aliphatic heterocycles. The first-order valence-corrected chi connectivity index (χ1v) is 6.76. The summed E-state index contributed by atoms with van der Waals surface area (Å²) < 4.78 is 5.05. The summed E-state index contributed by atoms with van der Waals surface area (Å²) in [5, 5.41) is 0. The van der Waals surface area contributed by atoms with Crippen LogP contribution in [-0.2, 0) is 4.74 Å². The maximum atomic E-state index is 6.16. The number of hydrogen-bond donors (Lipinski definition) is 1. The molecule has 1 unspecified atom stereocenters. The average molecular weight is 228 g/mol. The number of methoxy groups -OCH3 is 1.